The van der Waals surface area contributed by atoms with E-state index >= 15 is 0 Å². The van der Waals surface area contributed by atoms with Gasteiger partial charge >= 0.3 is 0 Å². The van der Waals surface area contributed by atoms with Gasteiger partial charge in [0.25, 0.3) is 0 Å². The zero-order chi connectivity index (χ0) is 16.4. The summed E-state index contributed by atoms with van der Waals surface area (Å²) in [4.78, 5) is 27.2. The second-order valence-electron chi connectivity index (χ2n) is 7.09. The molecule has 6 heteroatoms. The van der Waals surface area contributed by atoms with Crippen molar-refractivity contribution in [2.45, 2.75) is 70.5 Å². The number of hydrogen-bond donors (Lipinski definition) is 1. The molecule has 1 unspecified atom stereocenters. The summed E-state index contributed by atoms with van der Waals surface area (Å²) in [6.07, 6.45) is 9.68. The molecule has 1 aromatic heterocycles. The van der Waals surface area contributed by atoms with Gasteiger partial charge in [0, 0.05) is 18.8 Å². The second kappa shape index (κ2) is 6.34. The number of hydrogen-bond acceptors (Lipinski definition) is 3. The Labute approximate surface area is 137 Å². The summed E-state index contributed by atoms with van der Waals surface area (Å²) in [5, 5.41) is 7.33. The Morgan fingerprint density at radius 3 is 2.74 bits per heavy atom. The van der Waals surface area contributed by atoms with Crippen molar-refractivity contribution in [1.82, 2.24) is 20.0 Å². The molecule has 1 aromatic rings. The molecule has 1 aliphatic heterocycles. The van der Waals surface area contributed by atoms with Gasteiger partial charge in [-0.15, -0.1) is 0 Å². The number of amides is 2. The van der Waals surface area contributed by atoms with E-state index < -0.39 is 5.54 Å². The van der Waals surface area contributed by atoms with Crippen LogP contribution in [0.5, 0.6) is 0 Å². The highest BCUT2D eigenvalue weighted by atomic mass is 16.2. The van der Waals surface area contributed by atoms with Crippen LogP contribution in [0.2, 0.25) is 0 Å². The van der Waals surface area contributed by atoms with Crippen LogP contribution < -0.4 is 5.32 Å². The molecule has 2 fully saturated rings. The second-order valence-corrected chi connectivity index (χ2v) is 7.09. The van der Waals surface area contributed by atoms with Gasteiger partial charge in [-0.25, -0.2) is 0 Å². The first-order chi connectivity index (χ1) is 11.0. The fourth-order valence-corrected chi connectivity index (χ4v) is 3.79. The van der Waals surface area contributed by atoms with E-state index in [9.17, 15) is 9.59 Å². The number of rotatable bonds is 4. The monoisotopic (exact) mass is 318 g/mol. The highest BCUT2D eigenvalue weighted by molar-refractivity contribution is 5.91. The third-order valence-corrected chi connectivity index (χ3v) is 5.18. The molecule has 23 heavy (non-hydrogen) atoms. The minimum Gasteiger partial charge on any atom is -0.351 e. The lowest BCUT2D eigenvalue weighted by Crippen LogP contribution is -2.57. The number of nitrogens with zero attached hydrogens (tertiary/aromatic N) is 3. The van der Waals surface area contributed by atoms with Crippen molar-refractivity contribution in [2.24, 2.45) is 0 Å². The fourth-order valence-electron chi connectivity index (χ4n) is 3.79. The fraction of sp³-hybridized carbons (Fsp3) is 0.706. The summed E-state index contributed by atoms with van der Waals surface area (Å²) in [6.45, 7) is 4.69. The largest absolute Gasteiger partial charge is 0.351 e. The summed E-state index contributed by atoms with van der Waals surface area (Å²) in [5.74, 6) is -0.0263. The third kappa shape index (κ3) is 3.26. The van der Waals surface area contributed by atoms with Crippen molar-refractivity contribution in [1.29, 1.82) is 0 Å². The molecule has 0 bridgehead atoms. The van der Waals surface area contributed by atoms with E-state index in [1.807, 2.05) is 20.0 Å². The van der Waals surface area contributed by atoms with Crippen molar-refractivity contribution in [3.8, 4) is 0 Å². The minimum atomic E-state index is -0.720. The van der Waals surface area contributed by atoms with Crippen LogP contribution in [0.15, 0.2) is 12.4 Å². The quantitative estimate of drug-likeness (QED) is 0.917. The first kappa shape index (κ1) is 16.0. The van der Waals surface area contributed by atoms with Gasteiger partial charge in [-0.05, 0) is 45.1 Å². The first-order valence-corrected chi connectivity index (χ1v) is 8.59. The molecule has 2 heterocycles. The molecule has 1 saturated heterocycles. The molecule has 0 radical (unpaired) electrons. The van der Waals surface area contributed by atoms with Crippen molar-refractivity contribution >= 4 is 11.8 Å². The SMILES string of the molecule is Cc1cnn(CC(=O)N2CCCC2(C)C(=O)NC2CCCC2)c1. The van der Waals surface area contributed by atoms with Crippen molar-refractivity contribution in [2.75, 3.05) is 6.54 Å². The van der Waals surface area contributed by atoms with Crippen LogP contribution in [0, 0.1) is 6.92 Å². The highest BCUT2D eigenvalue weighted by Gasteiger charge is 2.46. The Bertz CT molecular complexity index is 591. The normalized spacial score (nSPS) is 25.0. The number of aryl methyl sites for hydroxylation is 1. The maximum absolute atomic E-state index is 12.8. The molecule has 2 amide bonds. The molecular formula is C17H26N4O2. The van der Waals surface area contributed by atoms with Crippen LogP contribution in [0.4, 0.5) is 0 Å². The van der Waals surface area contributed by atoms with Crippen LogP contribution >= 0.6 is 0 Å². The summed E-state index contributed by atoms with van der Waals surface area (Å²) >= 11 is 0. The van der Waals surface area contributed by atoms with Crippen LogP contribution in [-0.4, -0.2) is 44.6 Å². The van der Waals surface area contributed by atoms with Gasteiger partial charge in [-0.2, -0.15) is 5.10 Å². The number of nitrogens with one attached hydrogen (secondary N) is 1. The smallest absolute Gasteiger partial charge is 0.245 e. The first-order valence-electron chi connectivity index (χ1n) is 8.59. The number of carbonyl (C=O) groups is 2. The van der Waals surface area contributed by atoms with Crippen LogP contribution in [-0.2, 0) is 16.1 Å². The van der Waals surface area contributed by atoms with Gasteiger partial charge in [-0.1, -0.05) is 12.8 Å². The Morgan fingerprint density at radius 2 is 2.09 bits per heavy atom. The van der Waals surface area contributed by atoms with Crippen molar-refractivity contribution in [3.05, 3.63) is 18.0 Å². The lowest BCUT2D eigenvalue weighted by atomic mass is 9.96. The van der Waals surface area contributed by atoms with E-state index in [4.69, 9.17) is 0 Å². The van der Waals surface area contributed by atoms with Gasteiger partial charge in [0.1, 0.15) is 12.1 Å². The Balaban J connectivity index is 1.67. The topological polar surface area (TPSA) is 67.2 Å². The Morgan fingerprint density at radius 1 is 1.35 bits per heavy atom. The highest BCUT2D eigenvalue weighted by Crippen LogP contribution is 2.30. The predicted octanol–water partition coefficient (Wildman–Crippen LogP) is 1.63. The van der Waals surface area contributed by atoms with Gasteiger partial charge in [0.2, 0.25) is 11.8 Å². The summed E-state index contributed by atoms with van der Waals surface area (Å²) < 4.78 is 1.64. The predicted molar refractivity (Wildman–Crippen MR) is 86.7 cm³/mol. The van der Waals surface area contributed by atoms with E-state index in [2.05, 4.69) is 10.4 Å². The molecule has 2 aliphatic rings. The molecular weight excluding hydrogens is 292 g/mol. The van der Waals surface area contributed by atoms with E-state index in [0.29, 0.717) is 6.54 Å². The average molecular weight is 318 g/mol. The van der Waals surface area contributed by atoms with E-state index in [-0.39, 0.29) is 24.4 Å². The van der Waals surface area contributed by atoms with Gasteiger partial charge < -0.3 is 10.2 Å². The molecule has 1 N–H and O–H groups in total. The van der Waals surface area contributed by atoms with Gasteiger partial charge in [0.05, 0.1) is 6.20 Å². The van der Waals surface area contributed by atoms with Crippen LogP contribution in [0.25, 0.3) is 0 Å². The van der Waals surface area contributed by atoms with Crippen LogP contribution in [0.1, 0.15) is 51.0 Å². The average Bonchev–Trinajstić information content (AvgIpc) is 3.21. The lowest BCUT2D eigenvalue weighted by molar-refractivity contribution is -0.145. The molecule has 0 aromatic carbocycles. The van der Waals surface area contributed by atoms with Crippen molar-refractivity contribution in [3.63, 3.8) is 0 Å². The molecule has 3 rings (SSSR count). The lowest BCUT2D eigenvalue weighted by Gasteiger charge is -2.35. The molecule has 1 saturated carbocycles. The number of likely N-dealkylation sites (tertiary alicyclic amines) is 1. The maximum Gasteiger partial charge on any atom is 0.245 e. The Hall–Kier alpha value is -1.85. The number of carbonyl (C=O) groups excluding carboxylic acids is 2. The van der Waals surface area contributed by atoms with E-state index in [1.54, 1.807) is 15.8 Å². The minimum absolute atomic E-state index is 0.00639. The van der Waals surface area contributed by atoms with E-state index in [1.165, 1.54) is 12.8 Å². The molecule has 0 spiro atoms. The summed E-state index contributed by atoms with van der Waals surface area (Å²) in [7, 11) is 0. The maximum atomic E-state index is 12.8. The Kier molecular flexibility index (Phi) is 4.41. The molecule has 6 nitrogen and oxygen atoms in total. The summed E-state index contributed by atoms with van der Waals surface area (Å²) in [5.41, 5.74) is 0.308. The third-order valence-electron chi connectivity index (χ3n) is 5.18. The molecule has 126 valence electrons. The van der Waals surface area contributed by atoms with Gasteiger partial charge in [-0.3, -0.25) is 14.3 Å². The van der Waals surface area contributed by atoms with E-state index in [0.717, 1.165) is 31.2 Å². The molecule has 1 aliphatic carbocycles. The van der Waals surface area contributed by atoms with Crippen molar-refractivity contribution < 1.29 is 9.59 Å². The van der Waals surface area contributed by atoms with Gasteiger partial charge in [0.15, 0.2) is 0 Å². The van der Waals surface area contributed by atoms with Crippen LogP contribution in [0.3, 0.4) is 0 Å². The molecule has 1 atom stereocenters. The summed E-state index contributed by atoms with van der Waals surface area (Å²) in [6, 6.07) is 0.283. The number of aromatic nitrogens is 2. The zero-order valence-electron chi connectivity index (χ0n) is 14.0. The standard InChI is InChI=1S/C17H26N4O2/c1-13-10-18-20(11-13)12-15(22)21-9-5-8-17(21,2)16(23)19-14-6-3-4-7-14/h10-11,14H,3-9,12H2,1-2H3,(H,19,23). The zero-order valence-corrected chi connectivity index (χ0v) is 14.0.